The standard InChI is InChI=1S/C16H28O4Si/c1-9-12(20-21(7,8)14(2,3)4)16(6)13(18)19-11-15(16,5)10-17/h1,12,17H,10-11H2,2-8H3/t12-,15+,16-/m0/s1. The van der Waals surface area contributed by atoms with Crippen molar-refractivity contribution in [2.75, 3.05) is 13.2 Å². The van der Waals surface area contributed by atoms with Crippen LogP contribution in [0.4, 0.5) is 0 Å². The fraction of sp³-hybridized carbons (Fsp3) is 0.812. The van der Waals surface area contributed by atoms with Gasteiger partial charge in [-0.2, -0.15) is 0 Å². The third kappa shape index (κ3) is 2.77. The second-order valence-corrected chi connectivity index (χ2v) is 12.7. The molecule has 1 saturated heterocycles. The van der Waals surface area contributed by atoms with Crippen molar-refractivity contribution >= 4 is 14.3 Å². The molecule has 1 aliphatic rings. The molecular formula is C16H28O4Si. The Balaban J connectivity index is 3.21. The Labute approximate surface area is 129 Å². The largest absolute Gasteiger partial charge is 0.464 e. The molecule has 0 radical (unpaired) electrons. The Bertz CT molecular complexity index is 460. The molecule has 0 amide bonds. The van der Waals surface area contributed by atoms with Gasteiger partial charge in [0, 0.05) is 5.41 Å². The van der Waals surface area contributed by atoms with Crippen molar-refractivity contribution in [1.82, 2.24) is 0 Å². The van der Waals surface area contributed by atoms with Crippen molar-refractivity contribution in [3.05, 3.63) is 0 Å². The van der Waals surface area contributed by atoms with Gasteiger partial charge in [0.1, 0.15) is 18.1 Å². The first kappa shape index (κ1) is 18.2. The lowest BCUT2D eigenvalue weighted by Crippen LogP contribution is -2.55. The molecule has 0 aliphatic carbocycles. The third-order valence-corrected chi connectivity index (χ3v) is 9.88. The number of carbonyl (C=O) groups is 1. The van der Waals surface area contributed by atoms with Crippen LogP contribution in [0.5, 0.6) is 0 Å². The Morgan fingerprint density at radius 2 is 2.00 bits per heavy atom. The van der Waals surface area contributed by atoms with Gasteiger partial charge in [0.05, 0.1) is 6.61 Å². The molecule has 0 spiro atoms. The summed E-state index contributed by atoms with van der Waals surface area (Å²) in [6.07, 6.45) is 4.98. The Morgan fingerprint density at radius 1 is 1.48 bits per heavy atom. The third-order valence-electron chi connectivity index (χ3n) is 5.44. The molecule has 5 heteroatoms. The number of aliphatic hydroxyl groups excluding tert-OH is 1. The van der Waals surface area contributed by atoms with E-state index >= 15 is 0 Å². The normalized spacial score (nSPS) is 31.7. The van der Waals surface area contributed by atoms with Crippen molar-refractivity contribution in [3.8, 4) is 12.3 Å². The van der Waals surface area contributed by atoms with Gasteiger partial charge in [-0.25, -0.2) is 0 Å². The minimum Gasteiger partial charge on any atom is -0.464 e. The maximum atomic E-state index is 12.3. The molecule has 1 rings (SSSR count). The van der Waals surface area contributed by atoms with Gasteiger partial charge in [-0.05, 0) is 25.1 Å². The van der Waals surface area contributed by atoms with Gasteiger partial charge >= 0.3 is 5.97 Å². The highest BCUT2D eigenvalue weighted by Gasteiger charge is 2.62. The predicted octanol–water partition coefficient (Wildman–Crippen LogP) is 2.57. The van der Waals surface area contributed by atoms with Crippen LogP contribution in [-0.2, 0) is 14.0 Å². The highest BCUT2D eigenvalue weighted by molar-refractivity contribution is 6.74. The molecule has 0 aromatic rings. The Hall–Kier alpha value is -0.833. The monoisotopic (exact) mass is 312 g/mol. The maximum Gasteiger partial charge on any atom is 0.316 e. The molecule has 0 saturated carbocycles. The molecular weight excluding hydrogens is 284 g/mol. The van der Waals surface area contributed by atoms with Crippen molar-refractivity contribution < 1.29 is 19.1 Å². The average molecular weight is 312 g/mol. The van der Waals surface area contributed by atoms with Gasteiger partial charge < -0.3 is 14.3 Å². The van der Waals surface area contributed by atoms with E-state index in [9.17, 15) is 9.90 Å². The lowest BCUT2D eigenvalue weighted by Gasteiger charge is -2.44. The van der Waals surface area contributed by atoms with Gasteiger partial charge in [0.15, 0.2) is 8.32 Å². The van der Waals surface area contributed by atoms with Crippen LogP contribution >= 0.6 is 0 Å². The zero-order chi connectivity index (χ0) is 16.7. The van der Waals surface area contributed by atoms with Crippen molar-refractivity contribution in [3.63, 3.8) is 0 Å². The van der Waals surface area contributed by atoms with E-state index in [-0.39, 0.29) is 24.2 Å². The summed E-state index contributed by atoms with van der Waals surface area (Å²) >= 11 is 0. The summed E-state index contributed by atoms with van der Waals surface area (Å²) in [6, 6.07) is 0. The average Bonchev–Trinajstić information content (AvgIpc) is 2.60. The fourth-order valence-electron chi connectivity index (χ4n) is 2.19. The number of terminal acetylenes is 1. The number of cyclic esters (lactones) is 1. The highest BCUT2D eigenvalue weighted by Crippen LogP contribution is 2.50. The molecule has 1 heterocycles. The molecule has 21 heavy (non-hydrogen) atoms. The molecule has 0 aromatic heterocycles. The van der Waals surface area contributed by atoms with Crippen molar-refractivity contribution in [1.29, 1.82) is 0 Å². The van der Waals surface area contributed by atoms with Crippen LogP contribution in [0.2, 0.25) is 18.1 Å². The number of aliphatic hydroxyl groups is 1. The number of rotatable bonds is 4. The number of hydrogen-bond acceptors (Lipinski definition) is 4. The number of hydrogen-bond donors (Lipinski definition) is 1. The van der Waals surface area contributed by atoms with Crippen LogP contribution in [0.15, 0.2) is 0 Å². The lowest BCUT2D eigenvalue weighted by atomic mass is 9.65. The van der Waals surface area contributed by atoms with Gasteiger partial charge in [0.25, 0.3) is 0 Å². The fourth-order valence-corrected chi connectivity index (χ4v) is 3.44. The van der Waals surface area contributed by atoms with Crippen molar-refractivity contribution in [2.24, 2.45) is 10.8 Å². The minimum atomic E-state index is -2.14. The first-order valence-corrected chi connectivity index (χ1v) is 10.2. The van der Waals surface area contributed by atoms with Gasteiger partial charge in [0.2, 0.25) is 0 Å². The number of esters is 1. The van der Waals surface area contributed by atoms with Gasteiger partial charge in [-0.1, -0.05) is 33.6 Å². The molecule has 3 atom stereocenters. The van der Waals surface area contributed by atoms with Gasteiger partial charge in [-0.3, -0.25) is 4.79 Å². The zero-order valence-electron chi connectivity index (χ0n) is 14.2. The van der Waals surface area contributed by atoms with Crippen LogP contribution in [0, 0.1) is 23.2 Å². The summed E-state index contributed by atoms with van der Waals surface area (Å²) in [5.41, 5.74) is -1.77. The van der Waals surface area contributed by atoms with E-state index in [1.165, 1.54) is 0 Å². The molecule has 0 aromatic carbocycles. The topological polar surface area (TPSA) is 55.8 Å². The second kappa shape index (κ2) is 5.42. The van der Waals surface area contributed by atoms with E-state index in [0.29, 0.717) is 0 Å². The van der Waals surface area contributed by atoms with E-state index in [2.05, 4.69) is 39.8 Å². The summed E-state index contributed by atoms with van der Waals surface area (Å²) in [5.74, 6) is 2.24. The SMILES string of the molecule is C#C[C@H](O[Si](C)(C)C(C)(C)C)[C@@]1(C)C(=O)OC[C@@]1(C)CO. The smallest absolute Gasteiger partial charge is 0.316 e. The number of ether oxygens (including phenoxy) is 1. The first-order chi connectivity index (χ1) is 9.35. The minimum absolute atomic E-state index is 0.0173. The van der Waals surface area contributed by atoms with E-state index in [0.717, 1.165) is 0 Å². The maximum absolute atomic E-state index is 12.3. The van der Waals surface area contributed by atoms with Crippen LogP contribution in [0.25, 0.3) is 0 Å². The summed E-state index contributed by atoms with van der Waals surface area (Å²) in [7, 11) is -2.14. The summed E-state index contributed by atoms with van der Waals surface area (Å²) in [6.45, 7) is 14.1. The Morgan fingerprint density at radius 3 is 2.38 bits per heavy atom. The van der Waals surface area contributed by atoms with E-state index in [1.54, 1.807) is 6.92 Å². The van der Waals surface area contributed by atoms with Crippen LogP contribution in [0.3, 0.4) is 0 Å². The van der Waals surface area contributed by atoms with E-state index < -0.39 is 25.3 Å². The molecule has 0 unspecified atom stereocenters. The predicted molar refractivity (Wildman–Crippen MR) is 85.2 cm³/mol. The summed E-state index contributed by atoms with van der Waals surface area (Å²) in [5, 5.41) is 9.72. The van der Waals surface area contributed by atoms with Gasteiger partial charge in [-0.15, -0.1) is 6.42 Å². The van der Waals surface area contributed by atoms with Crippen molar-refractivity contribution in [2.45, 2.75) is 58.9 Å². The summed E-state index contributed by atoms with van der Waals surface area (Å²) < 4.78 is 11.5. The highest BCUT2D eigenvalue weighted by atomic mass is 28.4. The Kier molecular flexibility index (Phi) is 4.70. The molecule has 1 fully saturated rings. The van der Waals surface area contributed by atoms with Crippen LogP contribution in [-0.4, -0.2) is 38.7 Å². The zero-order valence-corrected chi connectivity index (χ0v) is 15.2. The lowest BCUT2D eigenvalue weighted by molar-refractivity contribution is -0.150. The molecule has 4 nitrogen and oxygen atoms in total. The molecule has 120 valence electrons. The molecule has 1 N–H and O–H groups in total. The van der Waals surface area contributed by atoms with Crippen LogP contribution < -0.4 is 0 Å². The quantitative estimate of drug-likeness (QED) is 0.492. The second-order valence-electron chi connectivity index (χ2n) is 7.92. The van der Waals surface area contributed by atoms with E-state index in [4.69, 9.17) is 15.6 Å². The first-order valence-electron chi connectivity index (χ1n) is 7.28. The summed E-state index contributed by atoms with van der Waals surface area (Å²) in [4.78, 5) is 12.3. The number of carbonyl (C=O) groups excluding carboxylic acids is 1. The van der Waals surface area contributed by atoms with Crippen LogP contribution in [0.1, 0.15) is 34.6 Å². The molecule has 0 bridgehead atoms. The van der Waals surface area contributed by atoms with E-state index in [1.807, 2.05) is 6.92 Å². The molecule has 1 aliphatic heterocycles.